The quantitative estimate of drug-likeness (QED) is 0.692. The Bertz CT molecular complexity index is 693. The first kappa shape index (κ1) is 19.4. The molecule has 8 heteroatoms. The third kappa shape index (κ3) is 4.79. The second kappa shape index (κ2) is 7.53. The maximum atomic E-state index is 12.1. The highest BCUT2D eigenvalue weighted by molar-refractivity contribution is 7.17. The topological polar surface area (TPSA) is 105 Å². The van der Waals surface area contributed by atoms with Crippen LogP contribution in [0.3, 0.4) is 0 Å². The number of carboxylic acids is 1. The van der Waals surface area contributed by atoms with E-state index in [4.69, 9.17) is 4.74 Å². The number of fused-ring (bicyclic) bond motifs is 1. The highest BCUT2D eigenvalue weighted by atomic mass is 32.1. The molecule has 1 aliphatic heterocycles. The number of aromatic carboxylic acids is 1. The molecule has 25 heavy (non-hydrogen) atoms. The molecule has 0 atom stereocenters. The maximum absolute atomic E-state index is 12.1. The van der Waals surface area contributed by atoms with Crippen molar-refractivity contribution in [2.45, 2.75) is 52.7 Å². The standard InChI is InChI=1S/C17H24N2O5S/c1-9(2)5-6-18-13(20)14(21)19-15-12(16(22)23)10-7-17(3,4)24-8-11(10)25-15/h9H,5-8H2,1-4H3,(H,18,20)(H,19,21)(H,22,23). The van der Waals surface area contributed by atoms with Crippen LogP contribution in [0.5, 0.6) is 0 Å². The second-order valence-electron chi connectivity index (χ2n) is 7.13. The van der Waals surface area contributed by atoms with Gasteiger partial charge in [-0.15, -0.1) is 11.3 Å². The molecular formula is C17H24N2O5S. The summed E-state index contributed by atoms with van der Waals surface area (Å²) in [6, 6.07) is 0. The van der Waals surface area contributed by atoms with Crippen LogP contribution in [-0.4, -0.2) is 35.0 Å². The van der Waals surface area contributed by atoms with Gasteiger partial charge in [-0.25, -0.2) is 4.79 Å². The van der Waals surface area contributed by atoms with E-state index >= 15 is 0 Å². The summed E-state index contributed by atoms with van der Waals surface area (Å²) < 4.78 is 5.69. The Hall–Kier alpha value is -1.93. The van der Waals surface area contributed by atoms with Gasteiger partial charge in [-0.1, -0.05) is 13.8 Å². The molecule has 0 spiro atoms. The minimum Gasteiger partial charge on any atom is -0.478 e. The summed E-state index contributed by atoms with van der Waals surface area (Å²) in [7, 11) is 0. The van der Waals surface area contributed by atoms with E-state index in [0.717, 1.165) is 22.6 Å². The number of hydrogen-bond acceptors (Lipinski definition) is 5. The van der Waals surface area contributed by atoms with Gasteiger partial charge in [0.15, 0.2) is 0 Å². The fourth-order valence-corrected chi connectivity index (χ4v) is 3.70. The lowest BCUT2D eigenvalue weighted by Gasteiger charge is -2.30. The Morgan fingerprint density at radius 3 is 2.56 bits per heavy atom. The van der Waals surface area contributed by atoms with E-state index in [1.807, 2.05) is 27.7 Å². The van der Waals surface area contributed by atoms with Crippen molar-refractivity contribution < 1.29 is 24.2 Å². The number of carbonyl (C=O) groups excluding carboxylic acids is 2. The number of nitrogens with one attached hydrogen (secondary N) is 2. The number of thiophene rings is 1. The van der Waals surface area contributed by atoms with Crippen LogP contribution in [-0.2, 0) is 27.4 Å². The van der Waals surface area contributed by atoms with Crippen LogP contribution in [0.25, 0.3) is 0 Å². The second-order valence-corrected chi connectivity index (χ2v) is 8.24. The summed E-state index contributed by atoms with van der Waals surface area (Å²) in [6.07, 6.45) is 1.20. The van der Waals surface area contributed by atoms with Crippen LogP contribution in [0, 0.1) is 5.92 Å². The zero-order chi connectivity index (χ0) is 18.8. The van der Waals surface area contributed by atoms with Gasteiger partial charge in [-0.2, -0.15) is 0 Å². The van der Waals surface area contributed by atoms with Gasteiger partial charge in [0.05, 0.1) is 17.8 Å². The lowest BCUT2D eigenvalue weighted by molar-refractivity contribution is -0.136. The normalized spacial score (nSPS) is 15.6. The minimum atomic E-state index is -1.12. The third-order valence-electron chi connectivity index (χ3n) is 3.94. The van der Waals surface area contributed by atoms with Crippen molar-refractivity contribution in [3.8, 4) is 0 Å². The molecule has 2 heterocycles. The van der Waals surface area contributed by atoms with Crippen LogP contribution in [0.1, 0.15) is 54.9 Å². The van der Waals surface area contributed by atoms with Crippen molar-refractivity contribution in [2.75, 3.05) is 11.9 Å². The van der Waals surface area contributed by atoms with Gasteiger partial charge in [-0.05, 0) is 31.7 Å². The van der Waals surface area contributed by atoms with Crippen LogP contribution < -0.4 is 10.6 Å². The molecule has 2 rings (SSSR count). The molecule has 7 nitrogen and oxygen atoms in total. The van der Waals surface area contributed by atoms with E-state index in [-0.39, 0.29) is 10.6 Å². The lowest BCUT2D eigenvalue weighted by Crippen LogP contribution is -2.36. The number of amides is 2. The predicted molar refractivity (Wildman–Crippen MR) is 94.9 cm³/mol. The summed E-state index contributed by atoms with van der Waals surface area (Å²) in [4.78, 5) is 36.4. The van der Waals surface area contributed by atoms with Crippen LogP contribution in [0.2, 0.25) is 0 Å². The zero-order valence-corrected chi connectivity index (χ0v) is 15.7. The number of ether oxygens (including phenoxy) is 1. The third-order valence-corrected chi connectivity index (χ3v) is 5.06. The fourth-order valence-electron chi connectivity index (χ4n) is 2.58. The molecule has 0 unspecified atom stereocenters. The molecule has 138 valence electrons. The number of anilines is 1. The first-order valence-electron chi connectivity index (χ1n) is 8.21. The molecule has 0 aromatic carbocycles. The summed E-state index contributed by atoms with van der Waals surface area (Å²) in [5.74, 6) is -2.33. The molecule has 0 aliphatic carbocycles. The number of carbonyl (C=O) groups is 3. The SMILES string of the molecule is CC(C)CCNC(=O)C(=O)Nc1sc2c(c1C(=O)O)CC(C)(C)OC2. The van der Waals surface area contributed by atoms with Crippen LogP contribution >= 0.6 is 11.3 Å². The van der Waals surface area contributed by atoms with E-state index in [9.17, 15) is 19.5 Å². The molecule has 0 saturated carbocycles. The Balaban J connectivity index is 2.14. The van der Waals surface area contributed by atoms with Gasteiger partial charge in [-0.3, -0.25) is 9.59 Å². The van der Waals surface area contributed by atoms with E-state index in [0.29, 0.717) is 31.1 Å². The number of carboxylic acid groups (broad SMARTS) is 1. The van der Waals surface area contributed by atoms with Crippen molar-refractivity contribution >= 4 is 34.1 Å². The highest BCUT2D eigenvalue weighted by Gasteiger charge is 2.34. The molecule has 1 aliphatic rings. The molecule has 1 aromatic heterocycles. The van der Waals surface area contributed by atoms with Crippen molar-refractivity contribution in [1.29, 1.82) is 0 Å². The first-order valence-corrected chi connectivity index (χ1v) is 9.03. The van der Waals surface area contributed by atoms with Gasteiger partial charge in [0.1, 0.15) is 5.00 Å². The minimum absolute atomic E-state index is 0.0553. The van der Waals surface area contributed by atoms with E-state index in [1.54, 1.807) is 0 Å². The van der Waals surface area contributed by atoms with Gasteiger partial charge < -0.3 is 20.5 Å². The molecule has 0 fully saturated rings. The largest absolute Gasteiger partial charge is 0.478 e. The smallest absolute Gasteiger partial charge is 0.339 e. The lowest BCUT2D eigenvalue weighted by atomic mass is 9.93. The van der Waals surface area contributed by atoms with Gasteiger partial charge in [0.25, 0.3) is 0 Å². The summed E-state index contributed by atoms with van der Waals surface area (Å²) in [5, 5.41) is 14.7. The maximum Gasteiger partial charge on any atom is 0.339 e. The molecule has 0 bridgehead atoms. The molecule has 0 saturated heterocycles. The average molecular weight is 368 g/mol. The summed E-state index contributed by atoms with van der Waals surface area (Å²) in [6.45, 7) is 8.51. The van der Waals surface area contributed by atoms with Crippen molar-refractivity contribution in [3.05, 3.63) is 16.0 Å². The van der Waals surface area contributed by atoms with Gasteiger partial charge in [0, 0.05) is 17.8 Å². The van der Waals surface area contributed by atoms with E-state index < -0.39 is 23.4 Å². The van der Waals surface area contributed by atoms with Crippen LogP contribution in [0.4, 0.5) is 5.00 Å². The highest BCUT2D eigenvalue weighted by Crippen LogP contribution is 2.40. The Labute approximate surface area is 150 Å². The molecular weight excluding hydrogens is 344 g/mol. The molecule has 2 amide bonds. The van der Waals surface area contributed by atoms with Crippen LogP contribution in [0.15, 0.2) is 0 Å². The van der Waals surface area contributed by atoms with Crippen molar-refractivity contribution in [3.63, 3.8) is 0 Å². The molecule has 0 radical (unpaired) electrons. The van der Waals surface area contributed by atoms with E-state index in [1.165, 1.54) is 0 Å². The van der Waals surface area contributed by atoms with Crippen molar-refractivity contribution in [2.24, 2.45) is 5.92 Å². The molecule has 3 N–H and O–H groups in total. The zero-order valence-electron chi connectivity index (χ0n) is 14.9. The monoisotopic (exact) mass is 368 g/mol. The fraction of sp³-hybridized carbons (Fsp3) is 0.588. The first-order chi connectivity index (χ1) is 11.6. The summed E-state index contributed by atoms with van der Waals surface area (Å²) >= 11 is 1.15. The van der Waals surface area contributed by atoms with Gasteiger partial charge in [0.2, 0.25) is 0 Å². The predicted octanol–water partition coefficient (Wildman–Crippen LogP) is 2.40. The van der Waals surface area contributed by atoms with Gasteiger partial charge >= 0.3 is 17.8 Å². The number of hydrogen-bond donors (Lipinski definition) is 3. The summed E-state index contributed by atoms with van der Waals surface area (Å²) in [5.41, 5.74) is 0.261. The van der Waals surface area contributed by atoms with Crippen molar-refractivity contribution in [1.82, 2.24) is 5.32 Å². The Kier molecular flexibility index (Phi) is 5.84. The molecule has 1 aromatic rings. The van der Waals surface area contributed by atoms with E-state index in [2.05, 4.69) is 10.6 Å². The number of rotatable bonds is 5. The average Bonchev–Trinajstić information content (AvgIpc) is 2.82. The Morgan fingerprint density at radius 1 is 1.28 bits per heavy atom. The Morgan fingerprint density at radius 2 is 1.96 bits per heavy atom.